The normalized spacial score (nSPS) is 16.9. The quantitative estimate of drug-likeness (QED) is 0.226. The molecule has 1 unspecified atom stereocenters. The first-order chi connectivity index (χ1) is 12.7. The molecule has 0 radical (unpaired) electrons. The number of hydrogen-bond donors (Lipinski definition) is 2. The number of halogens is 3. The van der Waals surface area contributed by atoms with Gasteiger partial charge in [0.25, 0.3) is 0 Å². The predicted molar refractivity (Wildman–Crippen MR) is 114 cm³/mol. The molecule has 154 valence electrons. The lowest BCUT2D eigenvalue weighted by molar-refractivity contribution is 0.0171. The smallest absolute Gasteiger partial charge is 0.191 e. The molecule has 1 heterocycles. The van der Waals surface area contributed by atoms with Crippen LogP contribution in [-0.4, -0.2) is 51.5 Å². The van der Waals surface area contributed by atoms with Gasteiger partial charge in [-0.1, -0.05) is 12.1 Å². The maximum absolute atomic E-state index is 13.6. The molecule has 2 N–H and O–H groups in total. The highest BCUT2D eigenvalue weighted by atomic mass is 127. The van der Waals surface area contributed by atoms with Crippen molar-refractivity contribution in [2.75, 3.05) is 39.5 Å². The molecule has 0 saturated carbocycles. The van der Waals surface area contributed by atoms with Crippen molar-refractivity contribution in [1.82, 2.24) is 10.6 Å². The average molecular weight is 497 g/mol. The Balaban J connectivity index is 0.00000364. The van der Waals surface area contributed by atoms with Crippen LogP contribution in [-0.2, 0) is 15.9 Å². The summed E-state index contributed by atoms with van der Waals surface area (Å²) >= 11 is 0. The van der Waals surface area contributed by atoms with Gasteiger partial charge in [-0.05, 0) is 44.2 Å². The van der Waals surface area contributed by atoms with E-state index in [0.717, 1.165) is 38.5 Å². The largest absolute Gasteiger partial charge is 0.379 e. The van der Waals surface area contributed by atoms with E-state index in [9.17, 15) is 8.78 Å². The Kier molecular flexibility index (Phi) is 12.5. The number of nitrogens with zero attached hydrogens (tertiary/aromatic N) is 1. The minimum absolute atomic E-state index is 0. The van der Waals surface area contributed by atoms with E-state index in [0.29, 0.717) is 44.2 Å². The van der Waals surface area contributed by atoms with Gasteiger partial charge in [0.1, 0.15) is 0 Å². The number of rotatable bonds is 10. The standard InChI is InChI=1S/C19H29F2N3O2.HI/c1-2-22-19(23-10-5-12-25-14-16-7-4-13-26-16)24-11-9-15-6-3-8-17(20)18(15)21;/h3,6,8,16H,2,4-5,7,9-14H2,1H3,(H2,22,23,24);1H. The predicted octanol–water partition coefficient (Wildman–Crippen LogP) is 3.27. The monoisotopic (exact) mass is 497 g/mol. The van der Waals surface area contributed by atoms with Gasteiger partial charge < -0.3 is 20.1 Å². The van der Waals surface area contributed by atoms with Crippen molar-refractivity contribution in [3.63, 3.8) is 0 Å². The van der Waals surface area contributed by atoms with Crippen molar-refractivity contribution in [1.29, 1.82) is 0 Å². The highest BCUT2D eigenvalue weighted by Crippen LogP contribution is 2.12. The van der Waals surface area contributed by atoms with Crippen LogP contribution in [0, 0.1) is 11.6 Å². The SMILES string of the molecule is CCNC(=NCCCOCC1CCCO1)NCCc1cccc(F)c1F.I. The fourth-order valence-corrected chi connectivity index (χ4v) is 2.75. The van der Waals surface area contributed by atoms with E-state index >= 15 is 0 Å². The first-order valence-corrected chi connectivity index (χ1v) is 9.35. The first-order valence-electron chi connectivity index (χ1n) is 9.35. The van der Waals surface area contributed by atoms with Gasteiger partial charge in [-0.25, -0.2) is 8.78 Å². The summed E-state index contributed by atoms with van der Waals surface area (Å²) in [5, 5.41) is 6.28. The van der Waals surface area contributed by atoms with Gasteiger partial charge in [0, 0.05) is 32.8 Å². The molecule has 1 aromatic rings. The van der Waals surface area contributed by atoms with Crippen LogP contribution in [0.3, 0.4) is 0 Å². The Morgan fingerprint density at radius 1 is 1.33 bits per heavy atom. The lowest BCUT2D eigenvalue weighted by atomic mass is 10.1. The maximum atomic E-state index is 13.6. The molecule has 1 saturated heterocycles. The zero-order chi connectivity index (χ0) is 18.6. The molecule has 0 bridgehead atoms. The van der Waals surface area contributed by atoms with Crippen LogP contribution in [0.1, 0.15) is 31.7 Å². The number of guanidine groups is 1. The summed E-state index contributed by atoms with van der Waals surface area (Å²) in [5.41, 5.74) is 0.357. The van der Waals surface area contributed by atoms with E-state index in [4.69, 9.17) is 9.47 Å². The summed E-state index contributed by atoms with van der Waals surface area (Å²) in [7, 11) is 0. The van der Waals surface area contributed by atoms with Crippen LogP contribution in [0.4, 0.5) is 8.78 Å². The number of hydrogen-bond acceptors (Lipinski definition) is 3. The van der Waals surface area contributed by atoms with E-state index in [-0.39, 0.29) is 30.1 Å². The lowest BCUT2D eigenvalue weighted by Crippen LogP contribution is -2.38. The second-order valence-corrected chi connectivity index (χ2v) is 6.21. The van der Waals surface area contributed by atoms with Crippen LogP contribution in [0.25, 0.3) is 0 Å². The van der Waals surface area contributed by atoms with Gasteiger partial charge in [0.2, 0.25) is 0 Å². The third-order valence-corrected chi connectivity index (χ3v) is 4.11. The Bertz CT molecular complexity index is 570. The molecule has 2 rings (SSSR count). The van der Waals surface area contributed by atoms with E-state index < -0.39 is 11.6 Å². The van der Waals surface area contributed by atoms with E-state index in [1.807, 2.05) is 6.92 Å². The molecule has 1 aromatic carbocycles. The highest BCUT2D eigenvalue weighted by Gasteiger charge is 2.14. The first kappa shape index (κ1) is 24.0. The number of benzene rings is 1. The van der Waals surface area contributed by atoms with Crippen LogP contribution < -0.4 is 10.6 Å². The summed E-state index contributed by atoms with van der Waals surface area (Å²) in [6.45, 7) is 5.97. The topological polar surface area (TPSA) is 54.9 Å². The Morgan fingerprint density at radius 2 is 2.19 bits per heavy atom. The third kappa shape index (κ3) is 9.16. The second kappa shape index (κ2) is 14.1. The van der Waals surface area contributed by atoms with Crippen molar-refractivity contribution >= 4 is 29.9 Å². The van der Waals surface area contributed by atoms with Crippen molar-refractivity contribution in [3.05, 3.63) is 35.4 Å². The van der Waals surface area contributed by atoms with Crippen molar-refractivity contribution in [3.8, 4) is 0 Å². The summed E-state index contributed by atoms with van der Waals surface area (Å²) in [5.74, 6) is -0.922. The fourth-order valence-electron chi connectivity index (χ4n) is 2.75. The molecule has 5 nitrogen and oxygen atoms in total. The van der Waals surface area contributed by atoms with E-state index in [1.54, 1.807) is 6.07 Å². The zero-order valence-electron chi connectivity index (χ0n) is 15.8. The molecule has 0 aliphatic carbocycles. The highest BCUT2D eigenvalue weighted by molar-refractivity contribution is 14.0. The summed E-state index contributed by atoms with van der Waals surface area (Å²) in [6.07, 6.45) is 3.66. The van der Waals surface area contributed by atoms with Gasteiger partial charge in [-0.3, -0.25) is 4.99 Å². The third-order valence-electron chi connectivity index (χ3n) is 4.11. The van der Waals surface area contributed by atoms with Crippen molar-refractivity contribution in [2.45, 2.75) is 38.7 Å². The number of ether oxygens (including phenoxy) is 2. The molecule has 1 fully saturated rings. The average Bonchev–Trinajstić information content (AvgIpc) is 3.15. The van der Waals surface area contributed by atoms with Gasteiger partial charge in [-0.2, -0.15) is 0 Å². The Morgan fingerprint density at radius 3 is 2.93 bits per heavy atom. The lowest BCUT2D eigenvalue weighted by Gasteiger charge is -2.12. The molecule has 8 heteroatoms. The van der Waals surface area contributed by atoms with Gasteiger partial charge in [0.15, 0.2) is 17.6 Å². The zero-order valence-corrected chi connectivity index (χ0v) is 18.1. The van der Waals surface area contributed by atoms with Crippen molar-refractivity contribution < 1.29 is 18.3 Å². The van der Waals surface area contributed by atoms with Gasteiger partial charge in [0.05, 0.1) is 12.7 Å². The number of aliphatic imine (C=N–C) groups is 1. The molecule has 0 aromatic heterocycles. The minimum Gasteiger partial charge on any atom is -0.379 e. The fraction of sp³-hybridized carbons (Fsp3) is 0.632. The maximum Gasteiger partial charge on any atom is 0.191 e. The molecule has 1 aliphatic heterocycles. The van der Waals surface area contributed by atoms with Crippen LogP contribution in [0.15, 0.2) is 23.2 Å². The van der Waals surface area contributed by atoms with Gasteiger partial charge in [-0.15, -0.1) is 24.0 Å². The molecular formula is C19H30F2IN3O2. The molecule has 1 aliphatic rings. The Hall–Kier alpha value is -1.00. The molecule has 0 amide bonds. The molecule has 0 spiro atoms. The molecule has 1 atom stereocenters. The molecular weight excluding hydrogens is 467 g/mol. The van der Waals surface area contributed by atoms with Gasteiger partial charge >= 0.3 is 0 Å². The minimum atomic E-state index is -0.814. The van der Waals surface area contributed by atoms with Crippen molar-refractivity contribution in [2.24, 2.45) is 4.99 Å². The Labute approximate surface area is 177 Å². The van der Waals surface area contributed by atoms with E-state index in [2.05, 4.69) is 15.6 Å². The second-order valence-electron chi connectivity index (χ2n) is 6.21. The number of nitrogens with one attached hydrogen (secondary N) is 2. The summed E-state index contributed by atoms with van der Waals surface area (Å²) in [6, 6.07) is 4.23. The van der Waals surface area contributed by atoms with Crippen LogP contribution >= 0.6 is 24.0 Å². The van der Waals surface area contributed by atoms with Crippen LogP contribution in [0.2, 0.25) is 0 Å². The summed E-state index contributed by atoms with van der Waals surface area (Å²) in [4.78, 5) is 4.47. The summed E-state index contributed by atoms with van der Waals surface area (Å²) < 4.78 is 38.0. The van der Waals surface area contributed by atoms with Crippen LogP contribution in [0.5, 0.6) is 0 Å². The van der Waals surface area contributed by atoms with E-state index in [1.165, 1.54) is 6.07 Å². The molecule has 27 heavy (non-hydrogen) atoms.